The summed E-state index contributed by atoms with van der Waals surface area (Å²) >= 11 is 5.78. The van der Waals surface area contributed by atoms with E-state index in [0.717, 1.165) is 25.7 Å². The third kappa shape index (κ3) is 5.06. The van der Waals surface area contributed by atoms with Gasteiger partial charge < -0.3 is 0 Å². The van der Waals surface area contributed by atoms with Gasteiger partial charge >= 0.3 is 0 Å². The van der Waals surface area contributed by atoms with E-state index < -0.39 is 10.0 Å². The highest BCUT2D eigenvalue weighted by Gasteiger charge is 2.32. The molecule has 1 rings (SSSR count). The number of piperidine rings is 1. The van der Waals surface area contributed by atoms with Crippen LogP contribution in [0.15, 0.2) is 0 Å². The van der Waals surface area contributed by atoms with Crippen molar-refractivity contribution in [2.24, 2.45) is 5.41 Å². The molecule has 0 aromatic rings. The Hall–Kier alpha value is 0.200. The number of halogens is 1. The van der Waals surface area contributed by atoms with Gasteiger partial charge in [-0.05, 0) is 31.1 Å². The molecular weight excluding hydrogens is 270 g/mol. The molecule has 1 heterocycles. The molecule has 0 aromatic carbocycles. The van der Waals surface area contributed by atoms with E-state index in [1.54, 1.807) is 4.31 Å². The summed E-state index contributed by atoms with van der Waals surface area (Å²) in [7, 11) is -3.11. The largest absolute Gasteiger partial charge is 0.214 e. The standard InChI is InChI=1S/C13H26ClNO2S/c1-13(2,3)8-11-18(16,17)15-10-5-4-6-12(15)7-9-14/h12H,4-11H2,1-3H3. The molecule has 0 aromatic heterocycles. The number of hydrogen-bond acceptors (Lipinski definition) is 2. The number of alkyl halides is 1. The van der Waals surface area contributed by atoms with Crippen LogP contribution in [-0.4, -0.2) is 36.9 Å². The van der Waals surface area contributed by atoms with Gasteiger partial charge in [0.05, 0.1) is 5.75 Å². The topological polar surface area (TPSA) is 37.4 Å². The van der Waals surface area contributed by atoms with Gasteiger partial charge in [0, 0.05) is 18.5 Å². The Morgan fingerprint density at radius 2 is 1.94 bits per heavy atom. The summed E-state index contributed by atoms with van der Waals surface area (Å²) in [6.45, 7) is 6.91. The van der Waals surface area contributed by atoms with Crippen LogP contribution in [0.3, 0.4) is 0 Å². The fourth-order valence-corrected chi connectivity index (χ4v) is 4.74. The summed E-state index contributed by atoms with van der Waals surface area (Å²) in [5.41, 5.74) is 0.0604. The zero-order valence-corrected chi connectivity index (χ0v) is 13.4. The lowest BCUT2D eigenvalue weighted by molar-refractivity contribution is 0.246. The van der Waals surface area contributed by atoms with Gasteiger partial charge in [0.15, 0.2) is 0 Å². The third-order valence-corrected chi connectivity index (χ3v) is 5.62. The number of nitrogens with zero attached hydrogens (tertiary/aromatic N) is 1. The van der Waals surface area contributed by atoms with Crippen LogP contribution in [0.4, 0.5) is 0 Å². The fraction of sp³-hybridized carbons (Fsp3) is 1.00. The van der Waals surface area contributed by atoms with Crippen molar-refractivity contribution in [2.45, 2.75) is 58.9 Å². The van der Waals surface area contributed by atoms with Crippen molar-refractivity contribution < 1.29 is 8.42 Å². The molecule has 108 valence electrons. The molecule has 0 amide bonds. The first-order valence-corrected chi connectivity index (χ1v) is 8.96. The van der Waals surface area contributed by atoms with Crippen LogP contribution in [0, 0.1) is 5.41 Å². The van der Waals surface area contributed by atoms with Gasteiger partial charge in [0.25, 0.3) is 0 Å². The van der Waals surface area contributed by atoms with E-state index in [1.165, 1.54) is 0 Å². The van der Waals surface area contributed by atoms with E-state index in [0.29, 0.717) is 18.8 Å². The van der Waals surface area contributed by atoms with Gasteiger partial charge in [-0.15, -0.1) is 11.6 Å². The predicted octanol–water partition coefficient (Wildman–Crippen LogP) is 3.24. The monoisotopic (exact) mass is 295 g/mol. The Kier molecular flexibility index (Phi) is 5.94. The molecule has 1 unspecified atom stereocenters. The number of hydrogen-bond donors (Lipinski definition) is 0. The summed E-state index contributed by atoms with van der Waals surface area (Å²) in [5.74, 6) is 0.797. The highest BCUT2D eigenvalue weighted by molar-refractivity contribution is 7.89. The second kappa shape index (κ2) is 6.58. The van der Waals surface area contributed by atoms with Crippen LogP contribution >= 0.6 is 11.6 Å². The summed E-state index contributed by atoms with van der Waals surface area (Å²) in [6, 6.07) is 0.126. The first-order chi connectivity index (χ1) is 8.26. The van der Waals surface area contributed by atoms with Crippen LogP contribution in [-0.2, 0) is 10.0 Å². The average molecular weight is 296 g/mol. The zero-order valence-electron chi connectivity index (χ0n) is 11.8. The van der Waals surface area contributed by atoms with Crippen LogP contribution in [0.5, 0.6) is 0 Å². The van der Waals surface area contributed by atoms with E-state index in [4.69, 9.17) is 11.6 Å². The van der Waals surface area contributed by atoms with Crippen LogP contribution < -0.4 is 0 Å². The van der Waals surface area contributed by atoms with Crippen LogP contribution in [0.25, 0.3) is 0 Å². The highest BCUT2D eigenvalue weighted by atomic mass is 35.5. The lowest BCUT2D eigenvalue weighted by atomic mass is 9.94. The second-order valence-electron chi connectivity index (χ2n) is 6.36. The third-order valence-electron chi connectivity index (χ3n) is 3.48. The molecule has 1 aliphatic heterocycles. The quantitative estimate of drug-likeness (QED) is 0.730. The van der Waals surface area contributed by atoms with Crippen molar-refractivity contribution in [1.29, 1.82) is 0 Å². The number of rotatable bonds is 5. The summed E-state index contributed by atoms with van der Waals surface area (Å²) < 4.78 is 26.5. The Morgan fingerprint density at radius 1 is 1.28 bits per heavy atom. The van der Waals surface area contributed by atoms with Crippen molar-refractivity contribution in [1.82, 2.24) is 4.31 Å². The molecule has 1 atom stereocenters. The van der Waals surface area contributed by atoms with Gasteiger partial charge in [0.2, 0.25) is 10.0 Å². The first kappa shape index (κ1) is 16.3. The molecule has 0 aliphatic carbocycles. The number of sulfonamides is 1. The molecule has 0 bridgehead atoms. The molecule has 5 heteroatoms. The Bertz CT molecular complexity index is 346. The maximum atomic E-state index is 12.4. The SMILES string of the molecule is CC(C)(C)CCS(=O)(=O)N1CCCCC1CCCl. The summed E-state index contributed by atoms with van der Waals surface area (Å²) in [5, 5.41) is 0. The Labute approximate surface area is 117 Å². The zero-order chi connectivity index (χ0) is 13.8. The molecule has 3 nitrogen and oxygen atoms in total. The van der Waals surface area contributed by atoms with Gasteiger partial charge in [-0.25, -0.2) is 8.42 Å². The Morgan fingerprint density at radius 3 is 2.50 bits per heavy atom. The molecule has 1 aliphatic rings. The first-order valence-electron chi connectivity index (χ1n) is 6.82. The van der Waals surface area contributed by atoms with Crippen LogP contribution in [0.1, 0.15) is 52.9 Å². The minimum Gasteiger partial charge on any atom is -0.212 e. The lowest BCUT2D eigenvalue weighted by Crippen LogP contribution is -2.45. The molecule has 0 spiro atoms. The van der Waals surface area contributed by atoms with Crippen molar-refractivity contribution in [3.8, 4) is 0 Å². The summed E-state index contributed by atoms with van der Waals surface area (Å²) in [4.78, 5) is 0. The van der Waals surface area contributed by atoms with Crippen molar-refractivity contribution in [3.63, 3.8) is 0 Å². The van der Waals surface area contributed by atoms with Crippen molar-refractivity contribution >= 4 is 21.6 Å². The fourth-order valence-electron chi connectivity index (χ4n) is 2.31. The van der Waals surface area contributed by atoms with E-state index in [9.17, 15) is 8.42 Å². The van der Waals surface area contributed by atoms with Gasteiger partial charge in [-0.3, -0.25) is 0 Å². The molecule has 1 saturated heterocycles. The molecule has 0 saturated carbocycles. The van der Waals surface area contributed by atoms with Crippen molar-refractivity contribution in [2.75, 3.05) is 18.2 Å². The maximum Gasteiger partial charge on any atom is 0.214 e. The highest BCUT2D eigenvalue weighted by Crippen LogP contribution is 2.26. The molecule has 1 fully saturated rings. The minimum absolute atomic E-state index is 0.0604. The molecule has 0 radical (unpaired) electrons. The Balaban J connectivity index is 2.69. The van der Waals surface area contributed by atoms with E-state index in [1.807, 2.05) is 0 Å². The van der Waals surface area contributed by atoms with Crippen LogP contribution in [0.2, 0.25) is 0 Å². The molecule has 18 heavy (non-hydrogen) atoms. The maximum absolute atomic E-state index is 12.4. The van der Waals surface area contributed by atoms with Gasteiger partial charge in [-0.1, -0.05) is 27.2 Å². The summed E-state index contributed by atoms with van der Waals surface area (Å²) in [6.07, 6.45) is 4.54. The van der Waals surface area contributed by atoms with E-state index in [2.05, 4.69) is 20.8 Å². The predicted molar refractivity (Wildman–Crippen MR) is 77.5 cm³/mol. The van der Waals surface area contributed by atoms with Gasteiger partial charge in [-0.2, -0.15) is 4.31 Å². The molecule has 0 N–H and O–H groups in total. The second-order valence-corrected chi connectivity index (χ2v) is 8.78. The van der Waals surface area contributed by atoms with Crippen molar-refractivity contribution in [3.05, 3.63) is 0 Å². The molecular formula is C13H26ClNO2S. The van der Waals surface area contributed by atoms with E-state index >= 15 is 0 Å². The average Bonchev–Trinajstić information content (AvgIpc) is 2.27. The minimum atomic E-state index is -3.11. The van der Waals surface area contributed by atoms with E-state index in [-0.39, 0.29) is 17.2 Å². The lowest BCUT2D eigenvalue weighted by Gasteiger charge is -2.35. The smallest absolute Gasteiger partial charge is 0.212 e. The van der Waals surface area contributed by atoms with Gasteiger partial charge in [0.1, 0.15) is 0 Å². The normalized spacial score (nSPS) is 23.2.